The molecule has 0 amide bonds. The standard InChI is InChI=1S/C5H10BrP.C5H10.2CH3.Fe/c6-4-2-1-3-5(4)7;1-2-4-5-3-1;;;/h4-5H,1-3,7H2;1-5H2;2*1H3;/q;;2*-1;+2. The predicted octanol–water partition coefficient (Wildman–Crippen LogP) is 5.03. The van der Waals surface area contributed by atoms with Crippen molar-refractivity contribution < 1.29 is 17.1 Å². The summed E-state index contributed by atoms with van der Waals surface area (Å²) in [5, 5.41) is 0. The maximum atomic E-state index is 3.58. The van der Waals surface area contributed by atoms with Gasteiger partial charge in [-0.3, -0.25) is 0 Å². The molecule has 0 aliphatic heterocycles. The molecule has 2 saturated carbocycles. The fraction of sp³-hybridized carbons (Fsp3) is 0.833. The SMILES string of the molecule is C1CCCC1.PC1CCCC1Br.[CH3-].[CH3-].[Fe+2]. The molecule has 3 unspecified atom stereocenters. The minimum absolute atomic E-state index is 0. The third-order valence-corrected chi connectivity index (χ3v) is 5.23. The summed E-state index contributed by atoms with van der Waals surface area (Å²) in [4.78, 5) is 0.789. The smallest absolute Gasteiger partial charge is 0.358 e. The zero-order chi connectivity index (χ0) is 8.81. The van der Waals surface area contributed by atoms with Crippen LogP contribution in [0.4, 0.5) is 0 Å². The van der Waals surface area contributed by atoms with E-state index >= 15 is 0 Å². The molecule has 2 aliphatic rings. The van der Waals surface area contributed by atoms with Gasteiger partial charge in [-0.2, -0.15) is 0 Å². The average molecular weight is 337 g/mol. The van der Waals surface area contributed by atoms with Gasteiger partial charge >= 0.3 is 17.1 Å². The second-order valence-electron chi connectivity index (χ2n) is 3.88. The number of alkyl halides is 1. The predicted molar refractivity (Wildman–Crippen MR) is 76.0 cm³/mol. The third-order valence-electron chi connectivity index (χ3n) is 2.73. The van der Waals surface area contributed by atoms with Gasteiger partial charge in [-0.25, -0.2) is 0 Å². The van der Waals surface area contributed by atoms with Crippen LogP contribution in [0.2, 0.25) is 0 Å². The van der Waals surface area contributed by atoms with E-state index in [9.17, 15) is 0 Å². The van der Waals surface area contributed by atoms with E-state index in [0.717, 1.165) is 10.5 Å². The Bertz CT molecular complexity index is 103. The molecule has 15 heavy (non-hydrogen) atoms. The summed E-state index contributed by atoms with van der Waals surface area (Å²) in [6.07, 6.45) is 11.7. The van der Waals surface area contributed by atoms with Crippen LogP contribution in [-0.2, 0) is 17.1 Å². The number of halogens is 1. The van der Waals surface area contributed by atoms with Gasteiger partial charge in [0, 0.05) is 4.83 Å². The van der Waals surface area contributed by atoms with Gasteiger partial charge in [0.25, 0.3) is 0 Å². The molecule has 0 radical (unpaired) electrons. The molecule has 0 bridgehead atoms. The second-order valence-corrected chi connectivity index (χ2v) is 5.91. The fourth-order valence-corrected chi connectivity index (χ4v) is 2.84. The van der Waals surface area contributed by atoms with Gasteiger partial charge in [0.05, 0.1) is 0 Å². The number of rotatable bonds is 0. The van der Waals surface area contributed by atoms with Crippen LogP contribution < -0.4 is 0 Å². The molecule has 0 heterocycles. The molecule has 2 aliphatic carbocycles. The van der Waals surface area contributed by atoms with Crippen molar-refractivity contribution in [3.8, 4) is 0 Å². The Morgan fingerprint density at radius 2 is 1.20 bits per heavy atom. The van der Waals surface area contributed by atoms with Crippen LogP contribution >= 0.6 is 25.2 Å². The van der Waals surface area contributed by atoms with Gasteiger partial charge in [0.1, 0.15) is 0 Å². The molecule has 94 valence electrons. The van der Waals surface area contributed by atoms with Crippen LogP contribution in [0.1, 0.15) is 51.4 Å². The molecule has 0 aromatic carbocycles. The Hall–Kier alpha value is 1.43. The van der Waals surface area contributed by atoms with Crippen molar-refractivity contribution >= 4 is 25.2 Å². The summed E-state index contributed by atoms with van der Waals surface area (Å²) in [6, 6.07) is 0. The Balaban J connectivity index is -0.000000165. The summed E-state index contributed by atoms with van der Waals surface area (Å²) in [5.41, 5.74) is 0.847. The van der Waals surface area contributed by atoms with E-state index in [-0.39, 0.29) is 31.9 Å². The average Bonchev–Trinajstić information content (AvgIpc) is 2.67. The van der Waals surface area contributed by atoms with E-state index in [1.165, 1.54) is 51.4 Å². The van der Waals surface area contributed by atoms with Crippen molar-refractivity contribution in [1.82, 2.24) is 0 Å². The van der Waals surface area contributed by atoms with Gasteiger partial charge in [0.2, 0.25) is 0 Å². The molecule has 2 fully saturated rings. The largest absolute Gasteiger partial charge is 2.00 e. The Morgan fingerprint density at radius 1 is 0.800 bits per heavy atom. The summed E-state index contributed by atoms with van der Waals surface area (Å²) >= 11 is 3.58. The quantitative estimate of drug-likeness (QED) is 0.252. The molecule has 2 rings (SSSR count). The van der Waals surface area contributed by atoms with Crippen LogP contribution in [0.25, 0.3) is 0 Å². The maximum Gasteiger partial charge on any atom is 2.00 e. The van der Waals surface area contributed by atoms with E-state index in [1.54, 1.807) is 0 Å². The zero-order valence-corrected chi connectivity index (χ0v) is 14.0. The van der Waals surface area contributed by atoms with E-state index in [2.05, 4.69) is 25.2 Å². The van der Waals surface area contributed by atoms with E-state index in [4.69, 9.17) is 0 Å². The van der Waals surface area contributed by atoms with Crippen LogP contribution in [0.3, 0.4) is 0 Å². The summed E-state index contributed by atoms with van der Waals surface area (Å²) in [5.74, 6) is 0. The first kappa shape index (κ1) is 21.7. The van der Waals surface area contributed by atoms with Crippen molar-refractivity contribution in [2.45, 2.75) is 61.9 Å². The van der Waals surface area contributed by atoms with Crippen molar-refractivity contribution in [3.63, 3.8) is 0 Å². The van der Waals surface area contributed by atoms with Gasteiger partial charge in [0.15, 0.2) is 0 Å². The number of hydrogen-bond donors (Lipinski definition) is 0. The van der Waals surface area contributed by atoms with Crippen molar-refractivity contribution in [2.24, 2.45) is 0 Å². The third kappa shape index (κ3) is 10.3. The maximum absolute atomic E-state index is 3.58. The molecule has 0 saturated heterocycles. The van der Waals surface area contributed by atoms with E-state index in [1.807, 2.05) is 0 Å². The van der Waals surface area contributed by atoms with Gasteiger partial charge in [-0.15, -0.1) is 9.24 Å². The van der Waals surface area contributed by atoms with Crippen LogP contribution in [0, 0.1) is 14.9 Å². The van der Waals surface area contributed by atoms with E-state index < -0.39 is 0 Å². The Kier molecular flexibility index (Phi) is 19.5. The van der Waals surface area contributed by atoms with Gasteiger partial charge in [-0.05, 0) is 18.5 Å². The van der Waals surface area contributed by atoms with E-state index in [0.29, 0.717) is 0 Å². The monoisotopic (exact) mass is 336 g/mol. The fourth-order valence-electron chi connectivity index (χ4n) is 1.83. The molecule has 0 N–H and O–H groups in total. The summed E-state index contributed by atoms with van der Waals surface area (Å²) in [7, 11) is 2.87. The first-order chi connectivity index (χ1) is 5.80. The molecule has 0 aromatic rings. The van der Waals surface area contributed by atoms with Gasteiger partial charge < -0.3 is 14.9 Å². The molecule has 0 nitrogen and oxygen atoms in total. The molecular weight excluding hydrogens is 311 g/mol. The van der Waals surface area contributed by atoms with Crippen LogP contribution in [0.15, 0.2) is 0 Å². The molecule has 3 heteroatoms. The molecular formula is C12H26BrFeP. The first-order valence-corrected chi connectivity index (χ1v) is 6.78. The molecule has 3 atom stereocenters. The summed E-state index contributed by atoms with van der Waals surface area (Å²) in [6.45, 7) is 0. The van der Waals surface area contributed by atoms with Crippen molar-refractivity contribution in [2.75, 3.05) is 0 Å². The molecule has 0 spiro atoms. The topological polar surface area (TPSA) is 0 Å². The summed E-state index contributed by atoms with van der Waals surface area (Å²) < 4.78 is 0. The minimum Gasteiger partial charge on any atom is -0.358 e. The molecule has 0 aromatic heterocycles. The van der Waals surface area contributed by atoms with Crippen molar-refractivity contribution in [3.05, 3.63) is 14.9 Å². The normalized spacial score (nSPS) is 27.6. The van der Waals surface area contributed by atoms with Gasteiger partial charge in [-0.1, -0.05) is 54.5 Å². The van der Waals surface area contributed by atoms with Crippen molar-refractivity contribution in [1.29, 1.82) is 0 Å². The number of hydrogen-bond acceptors (Lipinski definition) is 0. The zero-order valence-electron chi connectivity index (χ0n) is 10.1. The Labute approximate surface area is 119 Å². The first-order valence-electron chi connectivity index (χ1n) is 5.20. The van der Waals surface area contributed by atoms with Crippen LogP contribution in [-0.4, -0.2) is 10.5 Å². The Morgan fingerprint density at radius 3 is 1.33 bits per heavy atom. The minimum atomic E-state index is 0. The van der Waals surface area contributed by atoms with Crippen LogP contribution in [0.5, 0.6) is 0 Å². The second kappa shape index (κ2) is 13.5.